The van der Waals surface area contributed by atoms with E-state index in [0.29, 0.717) is 31.9 Å². The lowest BCUT2D eigenvalue weighted by Gasteiger charge is -2.27. The number of hydrogen-bond donors (Lipinski definition) is 1. The van der Waals surface area contributed by atoms with Crippen LogP contribution in [-0.2, 0) is 4.79 Å². The number of nitrogens with zero attached hydrogens (tertiary/aromatic N) is 2. The molecule has 0 radical (unpaired) electrons. The summed E-state index contributed by atoms with van der Waals surface area (Å²) in [6, 6.07) is 11.3. The first kappa shape index (κ1) is 21.6. The van der Waals surface area contributed by atoms with E-state index in [1.807, 2.05) is 31.2 Å². The third kappa shape index (κ3) is 3.87. The van der Waals surface area contributed by atoms with Gasteiger partial charge in [-0.1, -0.05) is 53.0 Å². The highest BCUT2D eigenvalue weighted by Gasteiger charge is 2.45. The van der Waals surface area contributed by atoms with Gasteiger partial charge in [0.05, 0.1) is 27.2 Å². The van der Waals surface area contributed by atoms with E-state index in [4.69, 9.17) is 23.2 Å². The predicted octanol–water partition coefficient (Wildman–Crippen LogP) is 6.16. The molecule has 0 bridgehead atoms. The quantitative estimate of drug-likeness (QED) is 0.461. The van der Waals surface area contributed by atoms with E-state index in [0.717, 1.165) is 10.6 Å². The van der Waals surface area contributed by atoms with Gasteiger partial charge in [-0.3, -0.25) is 14.5 Å². The van der Waals surface area contributed by atoms with E-state index in [9.17, 15) is 14.7 Å². The topological polar surface area (TPSA) is 70.5 Å². The van der Waals surface area contributed by atoms with Gasteiger partial charge >= 0.3 is 0 Å². The van der Waals surface area contributed by atoms with Crippen LogP contribution in [-0.4, -0.2) is 21.8 Å². The normalized spacial score (nSPS) is 16.4. The Hall–Kier alpha value is -2.67. The van der Waals surface area contributed by atoms with Gasteiger partial charge in [-0.2, -0.15) is 0 Å². The van der Waals surface area contributed by atoms with Crippen LogP contribution >= 0.6 is 34.5 Å². The molecule has 0 spiro atoms. The molecule has 1 aromatic heterocycles. The van der Waals surface area contributed by atoms with Crippen LogP contribution in [0.2, 0.25) is 10.0 Å². The fourth-order valence-corrected chi connectivity index (χ4v) is 5.19. The lowest BCUT2D eigenvalue weighted by Crippen LogP contribution is -2.31. The summed E-state index contributed by atoms with van der Waals surface area (Å²) in [6.07, 6.45) is 0. The average molecular weight is 473 g/mol. The van der Waals surface area contributed by atoms with Crippen molar-refractivity contribution >= 4 is 51.9 Å². The Morgan fingerprint density at radius 1 is 1.10 bits per heavy atom. The van der Waals surface area contributed by atoms with Gasteiger partial charge in [0.2, 0.25) is 5.78 Å². The molecule has 0 aliphatic carbocycles. The Morgan fingerprint density at radius 3 is 2.35 bits per heavy atom. The monoisotopic (exact) mass is 472 g/mol. The van der Waals surface area contributed by atoms with Crippen molar-refractivity contribution in [2.45, 2.75) is 26.8 Å². The largest absolute Gasteiger partial charge is 0.503 e. The maximum Gasteiger partial charge on any atom is 0.294 e. The number of ketones is 1. The van der Waals surface area contributed by atoms with E-state index < -0.39 is 23.5 Å². The molecule has 2 aromatic carbocycles. The molecule has 1 aliphatic rings. The third-order valence-electron chi connectivity index (χ3n) is 5.05. The minimum Gasteiger partial charge on any atom is -0.503 e. The number of aryl methyl sites for hydroxylation is 3. The average Bonchev–Trinajstić information content (AvgIpc) is 3.16. The summed E-state index contributed by atoms with van der Waals surface area (Å²) >= 11 is 13.6. The minimum absolute atomic E-state index is 0.0125. The molecular formula is C23H18Cl2N2O3S. The van der Waals surface area contributed by atoms with E-state index in [1.165, 1.54) is 16.2 Å². The van der Waals surface area contributed by atoms with Crippen molar-refractivity contribution in [3.8, 4) is 0 Å². The van der Waals surface area contributed by atoms with E-state index >= 15 is 0 Å². The number of anilines is 1. The Morgan fingerprint density at radius 2 is 1.77 bits per heavy atom. The number of halogens is 2. The summed E-state index contributed by atoms with van der Waals surface area (Å²) in [6.45, 7) is 5.46. The lowest BCUT2D eigenvalue weighted by atomic mass is 9.94. The van der Waals surface area contributed by atoms with Crippen LogP contribution < -0.4 is 4.90 Å². The van der Waals surface area contributed by atoms with E-state index in [-0.39, 0.29) is 5.57 Å². The van der Waals surface area contributed by atoms with Crippen LogP contribution in [0.1, 0.15) is 37.5 Å². The second-order valence-corrected chi connectivity index (χ2v) is 9.43. The van der Waals surface area contributed by atoms with Crippen LogP contribution in [0.3, 0.4) is 0 Å². The summed E-state index contributed by atoms with van der Waals surface area (Å²) in [5.74, 6) is -1.69. The van der Waals surface area contributed by atoms with Crippen LogP contribution in [0.5, 0.6) is 0 Å². The molecule has 0 saturated carbocycles. The highest BCUT2D eigenvalue weighted by molar-refractivity contribution is 7.14. The van der Waals surface area contributed by atoms with Crippen LogP contribution in [0.15, 0.2) is 53.8 Å². The molecule has 2 heterocycles. The maximum absolute atomic E-state index is 13.5. The van der Waals surface area contributed by atoms with E-state index in [1.54, 1.807) is 32.0 Å². The molecule has 8 heteroatoms. The molecule has 0 saturated heterocycles. The summed E-state index contributed by atoms with van der Waals surface area (Å²) in [7, 11) is 0. The van der Waals surface area contributed by atoms with Crippen molar-refractivity contribution in [1.29, 1.82) is 0 Å². The van der Waals surface area contributed by atoms with Crippen molar-refractivity contribution in [2.24, 2.45) is 0 Å². The third-order valence-corrected chi connectivity index (χ3v) is 6.55. The zero-order valence-corrected chi connectivity index (χ0v) is 19.3. The first-order valence-corrected chi connectivity index (χ1v) is 11.0. The summed E-state index contributed by atoms with van der Waals surface area (Å²) < 4.78 is 0. The van der Waals surface area contributed by atoms with Gasteiger partial charge in [0.1, 0.15) is 0 Å². The number of thiazole rings is 1. The highest BCUT2D eigenvalue weighted by Crippen LogP contribution is 2.44. The molecule has 31 heavy (non-hydrogen) atoms. The molecule has 1 amide bonds. The molecule has 1 N–H and O–H groups in total. The van der Waals surface area contributed by atoms with Gasteiger partial charge < -0.3 is 5.11 Å². The van der Waals surface area contributed by atoms with Gasteiger partial charge in [-0.25, -0.2) is 4.98 Å². The summed E-state index contributed by atoms with van der Waals surface area (Å²) in [5, 5.41) is 12.3. The van der Waals surface area contributed by atoms with Gasteiger partial charge in [0.15, 0.2) is 5.76 Å². The van der Waals surface area contributed by atoms with Crippen molar-refractivity contribution < 1.29 is 14.7 Å². The maximum atomic E-state index is 13.5. The smallest absolute Gasteiger partial charge is 0.294 e. The zero-order valence-electron chi connectivity index (χ0n) is 16.9. The molecular weight excluding hydrogens is 455 g/mol. The highest BCUT2D eigenvalue weighted by atomic mass is 35.5. The Bertz CT molecular complexity index is 1250. The zero-order chi connectivity index (χ0) is 22.4. The van der Waals surface area contributed by atoms with Gasteiger partial charge in [0, 0.05) is 15.7 Å². The number of rotatable bonds is 4. The SMILES string of the molecule is Cc1cccc(C2C(C(=O)c3sc(C)nc3C)=C(O)C(=O)N2c2cc(Cl)cc(Cl)c2)c1. The van der Waals surface area contributed by atoms with Gasteiger partial charge in [-0.15, -0.1) is 11.3 Å². The van der Waals surface area contributed by atoms with Crippen molar-refractivity contribution in [3.63, 3.8) is 0 Å². The van der Waals surface area contributed by atoms with Gasteiger partial charge in [-0.05, 0) is 44.5 Å². The molecule has 1 atom stereocenters. The first-order chi connectivity index (χ1) is 14.7. The number of aliphatic hydroxyl groups excluding tert-OH is 1. The molecule has 0 fully saturated rings. The standard InChI is InChI=1S/C23H18Cl2N2O3S/c1-11-5-4-6-14(7-11)19-18(20(28)22-12(2)26-13(3)31-22)21(29)23(30)27(19)17-9-15(24)8-16(25)10-17/h4-10,19,29H,1-3H3. The molecule has 5 nitrogen and oxygen atoms in total. The van der Waals surface area contributed by atoms with Crippen molar-refractivity contribution in [2.75, 3.05) is 4.90 Å². The summed E-state index contributed by atoms with van der Waals surface area (Å²) in [5.41, 5.74) is 2.61. The number of aromatic nitrogens is 1. The second-order valence-electron chi connectivity index (χ2n) is 7.36. The predicted molar refractivity (Wildman–Crippen MR) is 123 cm³/mol. The number of Topliss-reactive ketones (excluding diaryl/α,β-unsaturated/α-hetero) is 1. The summed E-state index contributed by atoms with van der Waals surface area (Å²) in [4.78, 5) is 32.8. The molecule has 1 aliphatic heterocycles. The number of hydrogen-bond acceptors (Lipinski definition) is 5. The molecule has 4 rings (SSSR count). The molecule has 158 valence electrons. The Balaban J connectivity index is 1.93. The lowest BCUT2D eigenvalue weighted by molar-refractivity contribution is -0.117. The fraction of sp³-hybridized carbons (Fsp3) is 0.174. The molecule has 3 aromatic rings. The number of carbonyl (C=O) groups is 2. The molecule has 1 unspecified atom stereocenters. The van der Waals surface area contributed by atoms with Gasteiger partial charge in [0.25, 0.3) is 5.91 Å². The first-order valence-electron chi connectivity index (χ1n) is 9.45. The Labute approximate surface area is 193 Å². The van der Waals surface area contributed by atoms with Crippen LogP contribution in [0.25, 0.3) is 0 Å². The van der Waals surface area contributed by atoms with E-state index in [2.05, 4.69) is 4.98 Å². The number of carbonyl (C=O) groups excluding carboxylic acids is 2. The Kier molecular flexibility index (Phi) is 5.64. The minimum atomic E-state index is -0.837. The number of benzene rings is 2. The number of aliphatic hydroxyl groups is 1. The van der Waals surface area contributed by atoms with Crippen LogP contribution in [0, 0.1) is 20.8 Å². The van der Waals surface area contributed by atoms with Crippen molar-refractivity contribution in [3.05, 3.63) is 90.5 Å². The second kappa shape index (κ2) is 8.11. The van der Waals surface area contributed by atoms with Crippen molar-refractivity contribution in [1.82, 2.24) is 4.98 Å². The van der Waals surface area contributed by atoms with Crippen LogP contribution in [0.4, 0.5) is 5.69 Å². The number of amides is 1. The fourth-order valence-electron chi connectivity index (χ4n) is 3.80.